The molecule has 2 rings (SSSR count). The van der Waals surface area contributed by atoms with Crippen LogP contribution in [0.25, 0.3) is 0 Å². The van der Waals surface area contributed by atoms with E-state index in [1.54, 1.807) is 0 Å². The van der Waals surface area contributed by atoms with Gasteiger partial charge in [0.25, 0.3) is 0 Å². The van der Waals surface area contributed by atoms with Gasteiger partial charge >= 0.3 is 0 Å². The lowest BCUT2D eigenvalue weighted by Crippen LogP contribution is -2.45. The molecule has 0 aromatic carbocycles. The van der Waals surface area contributed by atoms with Gasteiger partial charge in [-0.15, -0.1) is 0 Å². The maximum atomic E-state index is 5.52. The minimum Gasteiger partial charge on any atom is -0.378 e. The zero-order valence-electron chi connectivity index (χ0n) is 9.57. The van der Waals surface area contributed by atoms with E-state index in [9.17, 15) is 0 Å². The maximum absolute atomic E-state index is 5.52. The molecule has 3 nitrogen and oxygen atoms in total. The summed E-state index contributed by atoms with van der Waals surface area (Å²) < 4.78 is 7.68. The maximum Gasteiger partial charge on any atom is 0.0604 e. The van der Waals surface area contributed by atoms with Crippen molar-refractivity contribution in [3.8, 4) is 0 Å². The summed E-state index contributed by atoms with van der Waals surface area (Å²) >= 11 is 0. The van der Waals surface area contributed by atoms with E-state index < -0.39 is 0 Å². The fourth-order valence-electron chi connectivity index (χ4n) is 2.03. The van der Waals surface area contributed by atoms with E-state index in [0.717, 1.165) is 26.0 Å². The average Bonchev–Trinajstić information content (AvgIpc) is 2.55. The van der Waals surface area contributed by atoms with Crippen molar-refractivity contribution in [2.45, 2.75) is 38.5 Å². The normalized spacial score (nSPS) is 25.2. The molecule has 1 N–H and O–H groups in total. The molecule has 0 aliphatic heterocycles. The number of nitrogens with zero attached hydrogens (tertiary/aromatic N) is 1. The van der Waals surface area contributed by atoms with E-state index in [1.807, 2.05) is 0 Å². The van der Waals surface area contributed by atoms with E-state index in [-0.39, 0.29) is 0 Å². The summed E-state index contributed by atoms with van der Waals surface area (Å²) in [5.41, 5.74) is 1.34. The van der Waals surface area contributed by atoms with Crippen LogP contribution in [0.15, 0.2) is 18.3 Å². The number of hydrogen-bond acceptors (Lipinski definition) is 2. The highest BCUT2D eigenvalue weighted by atomic mass is 16.5. The second-order valence-electron chi connectivity index (χ2n) is 4.24. The Balaban J connectivity index is 1.66. The van der Waals surface area contributed by atoms with Crippen LogP contribution in [0.3, 0.4) is 0 Å². The number of aromatic nitrogens is 1. The van der Waals surface area contributed by atoms with Gasteiger partial charge in [-0.3, -0.25) is 0 Å². The predicted octanol–water partition coefficient (Wildman–Crippen LogP) is 1.68. The molecule has 1 aliphatic rings. The van der Waals surface area contributed by atoms with Gasteiger partial charge < -0.3 is 14.6 Å². The van der Waals surface area contributed by atoms with Gasteiger partial charge in [0.15, 0.2) is 0 Å². The van der Waals surface area contributed by atoms with Gasteiger partial charge in [-0.2, -0.15) is 0 Å². The molecule has 3 heteroatoms. The van der Waals surface area contributed by atoms with Crippen molar-refractivity contribution in [1.29, 1.82) is 0 Å². The highest BCUT2D eigenvalue weighted by Crippen LogP contribution is 2.23. The summed E-state index contributed by atoms with van der Waals surface area (Å²) in [4.78, 5) is 0. The number of ether oxygens (including phenoxy) is 1. The molecular formula is C12H20N2O. The molecule has 84 valence electrons. The molecular weight excluding hydrogens is 188 g/mol. The molecule has 1 aliphatic carbocycles. The van der Waals surface area contributed by atoms with Crippen LogP contribution in [0.5, 0.6) is 0 Å². The third-order valence-corrected chi connectivity index (χ3v) is 3.12. The van der Waals surface area contributed by atoms with Crippen molar-refractivity contribution in [2.24, 2.45) is 7.05 Å². The third kappa shape index (κ3) is 2.61. The smallest absolute Gasteiger partial charge is 0.0604 e. The van der Waals surface area contributed by atoms with Gasteiger partial charge in [0.05, 0.1) is 6.10 Å². The predicted molar refractivity (Wildman–Crippen MR) is 60.7 cm³/mol. The van der Waals surface area contributed by atoms with E-state index in [2.05, 4.69) is 42.2 Å². The van der Waals surface area contributed by atoms with Gasteiger partial charge in [0.2, 0.25) is 0 Å². The first-order valence-electron chi connectivity index (χ1n) is 5.74. The molecule has 0 unspecified atom stereocenters. The summed E-state index contributed by atoms with van der Waals surface area (Å²) in [6.45, 7) is 3.87. The van der Waals surface area contributed by atoms with E-state index in [4.69, 9.17) is 4.74 Å². The highest BCUT2D eigenvalue weighted by molar-refractivity contribution is 5.06. The first-order chi connectivity index (χ1) is 7.29. The quantitative estimate of drug-likeness (QED) is 0.797. The Morgan fingerprint density at radius 2 is 2.33 bits per heavy atom. The van der Waals surface area contributed by atoms with Crippen molar-refractivity contribution >= 4 is 0 Å². The molecule has 0 atom stereocenters. The number of nitrogens with one attached hydrogen (secondary N) is 1. The topological polar surface area (TPSA) is 26.2 Å². The molecule has 0 spiro atoms. The van der Waals surface area contributed by atoms with E-state index in [0.29, 0.717) is 12.1 Å². The molecule has 0 bridgehead atoms. The standard InChI is InChI=1S/C12H20N2O/c1-3-15-12-7-10(8-12)13-9-11-5-4-6-14(11)2/h4-6,10,12-13H,3,7-9H2,1-2H3. The minimum absolute atomic E-state index is 0.501. The molecule has 1 aromatic heterocycles. The van der Waals surface area contributed by atoms with E-state index >= 15 is 0 Å². The SMILES string of the molecule is CCOC1CC(NCc2cccn2C)C1. The summed E-state index contributed by atoms with van der Waals surface area (Å²) in [6, 6.07) is 4.89. The fraction of sp³-hybridized carbons (Fsp3) is 0.667. The lowest BCUT2D eigenvalue weighted by atomic mass is 9.89. The first kappa shape index (κ1) is 10.7. The van der Waals surface area contributed by atoms with Crippen molar-refractivity contribution in [2.75, 3.05) is 6.61 Å². The molecule has 15 heavy (non-hydrogen) atoms. The molecule has 0 amide bonds. The van der Waals surface area contributed by atoms with Gasteiger partial charge in [0.1, 0.15) is 0 Å². The van der Waals surface area contributed by atoms with Gasteiger partial charge in [0, 0.05) is 38.1 Å². The summed E-state index contributed by atoms with van der Waals surface area (Å²) in [5.74, 6) is 0. The molecule has 1 saturated carbocycles. The van der Waals surface area contributed by atoms with Gasteiger partial charge in [-0.05, 0) is 31.9 Å². The van der Waals surface area contributed by atoms with Crippen LogP contribution in [0.1, 0.15) is 25.5 Å². The highest BCUT2D eigenvalue weighted by Gasteiger charge is 2.28. The first-order valence-corrected chi connectivity index (χ1v) is 5.74. The molecule has 1 fully saturated rings. The number of hydrogen-bond donors (Lipinski definition) is 1. The zero-order valence-corrected chi connectivity index (χ0v) is 9.57. The van der Waals surface area contributed by atoms with Crippen LogP contribution in [-0.4, -0.2) is 23.3 Å². The molecule has 1 aromatic rings. The van der Waals surface area contributed by atoms with Crippen LogP contribution in [0.2, 0.25) is 0 Å². The van der Waals surface area contributed by atoms with Crippen molar-refractivity contribution in [3.05, 3.63) is 24.0 Å². The summed E-state index contributed by atoms with van der Waals surface area (Å²) in [5, 5.41) is 3.55. The zero-order chi connectivity index (χ0) is 10.7. The lowest BCUT2D eigenvalue weighted by molar-refractivity contribution is -0.0103. The summed E-state index contributed by atoms with van der Waals surface area (Å²) in [6.07, 6.45) is 4.91. The van der Waals surface area contributed by atoms with Crippen LogP contribution < -0.4 is 5.32 Å². The van der Waals surface area contributed by atoms with Crippen LogP contribution >= 0.6 is 0 Å². The molecule has 0 saturated heterocycles. The van der Waals surface area contributed by atoms with E-state index in [1.165, 1.54) is 5.69 Å². The Kier molecular flexibility index (Phi) is 3.44. The van der Waals surface area contributed by atoms with Gasteiger partial charge in [-0.25, -0.2) is 0 Å². The Morgan fingerprint density at radius 3 is 2.93 bits per heavy atom. The van der Waals surface area contributed by atoms with Crippen molar-refractivity contribution < 1.29 is 4.74 Å². The van der Waals surface area contributed by atoms with Crippen LogP contribution in [-0.2, 0) is 18.3 Å². The average molecular weight is 208 g/mol. The second-order valence-corrected chi connectivity index (χ2v) is 4.24. The largest absolute Gasteiger partial charge is 0.378 e. The molecule has 1 heterocycles. The fourth-order valence-corrected chi connectivity index (χ4v) is 2.03. The Hall–Kier alpha value is -0.800. The van der Waals surface area contributed by atoms with Crippen molar-refractivity contribution in [1.82, 2.24) is 9.88 Å². The Morgan fingerprint density at radius 1 is 1.53 bits per heavy atom. The number of aryl methyl sites for hydroxylation is 1. The van der Waals surface area contributed by atoms with Crippen LogP contribution in [0.4, 0.5) is 0 Å². The second kappa shape index (κ2) is 4.81. The number of rotatable bonds is 5. The minimum atomic E-state index is 0.501. The Bertz CT molecular complexity index is 302. The third-order valence-electron chi connectivity index (χ3n) is 3.12. The Labute approximate surface area is 91.4 Å². The molecule has 0 radical (unpaired) electrons. The lowest BCUT2D eigenvalue weighted by Gasteiger charge is -2.35. The monoisotopic (exact) mass is 208 g/mol. The van der Waals surface area contributed by atoms with Crippen molar-refractivity contribution in [3.63, 3.8) is 0 Å². The summed E-state index contributed by atoms with van der Waals surface area (Å²) in [7, 11) is 2.08. The van der Waals surface area contributed by atoms with Crippen LogP contribution in [0, 0.1) is 0 Å². The van der Waals surface area contributed by atoms with Gasteiger partial charge in [-0.1, -0.05) is 0 Å².